The standard InChI is InChI=1S/C49H37N3/c1-49(2)43-14-8-6-12-39(43)40-26-22-36(30-44(40)49)32-16-18-33(19-17-32)37-23-27-42-41-13-7-9-15-46(41)52(47(42)31-37)38-24-20-35(21-25-38)48-50-29-28-45(51-48)34-10-4-3-5-11-34/h3-12,14-31,41H,13H2,1-2H3. The fourth-order valence-electron chi connectivity index (χ4n) is 8.54. The van der Waals surface area contributed by atoms with Gasteiger partial charge < -0.3 is 4.90 Å². The molecule has 0 fully saturated rings. The lowest BCUT2D eigenvalue weighted by molar-refractivity contribution is 0.660. The smallest absolute Gasteiger partial charge is 0.159 e. The number of hydrogen-bond acceptors (Lipinski definition) is 3. The number of fused-ring (bicyclic) bond motifs is 6. The first-order chi connectivity index (χ1) is 25.5. The molecule has 2 heterocycles. The number of anilines is 2. The molecule has 248 valence electrons. The minimum Gasteiger partial charge on any atom is -0.313 e. The lowest BCUT2D eigenvalue weighted by atomic mass is 9.81. The largest absolute Gasteiger partial charge is 0.313 e. The Morgan fingerprint density at radius 2 is 1.27 bits per heavy atom. The highest BCUT2D eigenvalue weighted by molar-refractivity contribution is 5.86. The van der Waals surface area contributed by atoms with E-state index in [9.17, 15) is 0 Å². The highest BCUT2D eigenvalue weighted by Crippen LogP contribution is 2.52. The third-order valence-electron chi connectivity index (χ3n) is 11.3. The van der Waals surface area contributed by atoms with Gasteiger partial charge in [0.2, 0.25) is 0 Å². The summed E-state index contributed by atoms with van der Waals surface area (Å²) in [5, 5.41) is 0. The Morgan fingerprint density at radius 3 is 2.08 bits per heavy atom. The molecular weight excluding hydrogens is 631 g/mol. The molecule has 1 unspecified atom stereocenters. The van der Waals surface area contributed by atoms with Crippen LogP contribution in [0.3, 0.4) is 0 Å². The van der Waals surface area contributed by atoms with Crippen molar-refractivity contribution in [3.8, 4) is 56.0 Å². The van der Waals surface area contributed by atoms with Crippen LogP contribution in [-0.4, -0.2) is 9.97 Å². The first-order valence-corrected chi connectivity index (χ1v) is 18.2. The first kappa shape index (κ1) is 30.5. The lowest BCUT2D eigenvalue weighted by Crippen LogP contribution is -2.14. The maximum Gasteiger partial charge on any atom is 0.159 e. The molecule has 0 N–H and O–H groups in total. The molecule has 0 amide bonds. The van der Waals surface area contributed by atoms with Crippen LogP contribution in [0.4, 0.5) is 11.4 Å². The number of nitrogens with zero attached hydrogens (tertiary/aromatic N) is 3. The molecular formula is C49H37N3. The predicted molar refractivity (Wildman–Crippen MR) is 215 cm³/mol. The summed E-state index contributed by atoms with van der Waals surface area (Å²) < 4.78 is 0. The zero-order chi connectivity index (χ0) is 34.8. The molecule has 1 aliphatic heterocycles. The van der Waals surface area contributed by atoms with Gasteiger partial charge in [-0.05, 0) is 105 Å². The van der Waals surface area contributed by atoms with Gasteiger partial charge in [0.1, 0.15) is 0 Å². The molecule has 10 rings (SSSR count). The quantitative estimate of drug-likeness (QED) is 0.183. The van der Waals surface area contributed by atoms with Crippen molar-refractivity contribution in [3.05, 3.63) is 192 Å². The van der Waals surface area contributed by atoms with Crippen LogP contribution >= 0.6 is 0 Å². The van der Waals surface area contributed by atoms with Gasteiger partial charge in [-0.1, -0.05) is 129 Å². The average molecular weight is 668 g/mol. The predicted octanol–water partition coefficient (Wildman–Crippen LogP) is 12.5. The number of rotatable bonds is 5. The minimum absolute atomic E-state index is 0.0121. The monoisotopic (exact) mass is 667 g/mol. The van der Waals surface area contributed by atoms with E-state index in [2.05, 4.69) is 163 Å². The van der Waals surface area contributed by atoms with E-state index < -0.39 is 0 Å². The molecule has 0 saturated heterocycles. The van der Waals surface area contributed by atoms with Crippen LogP contribution in [0.5, 0.6) is 0 Å². The van der Waals surface area contributed by atoms with Crippen molar-refractivity contribution in [1.29, 1.82) is 0 Å². The van der Waals surface area contributed by atoms with Crippen LogP contribution in [0.25, 0.3) is 56.0 Å². The summed E-state index contributed by atoms with van der Waals surface area (Å²) in [6.07, 6.45) is 9.61. The highest BCUT2D eigenvalue weighted by Gasteiger charge is 2.36. The summed E-state index contributed by atoms with van der Waals surface area (Å²) in [5.41, 5.74) is 18.5. The molecule has 0 bridgehead atoms. The Kier molecular flexibility index (Phi) is 6.97. The molecule has 2 aliphatic carbocycles. The zero-order valence-corrected chi connectivity index (χ0v) is 29.3. The molecule has 1 aromatic heterocycles. The normalized spacial score (nSPS) is 16.2. The maximum absolute atomic E-state index is 4.90. The van der Waals surface area contributed by atoms with Gasteiger partial charge >= 0.3 is 0 Å². The van der Waals surface area contributed by atoms with E-state index in [4.69, 9.17) is 4.98 Å². The van der Waals surface area contributed by atoms with E-state index in [1.54, 1.807) is 0 Å². The van der Waals surface area contributed by atoms with Gasteiger partial charge in [0, 0.05) is 40.0 Å². The van der Waals surface area contributed by atoms with E-state index >= 15 is 0 Å². The van der Waals surface area contributed by atoms with Crippen LogP contribution in [0.2, 0.25) is 0 Å². The second kappa shape index (κ2) is 11.9. The second-order valence-corrected chi connectivity index (χ2v) is 14.6. The highest BCUT2D eigenvalue weighted by atomic mass is 15.2. The van der Waals surface area contributed by atoms with Gasteiger partial charge in [0.25, 0.3) is 0 Å². The molecule has 3 heteroatoms. The van der Waals surface area contributed by atoms with Crippen molar-refractivity contribution >= 4 is 11.4 Å². The fraction of sp³-hybridized carbons (Fsp3) is 0.102. The number of allylic oxidation sites excluding steroid dienone is 4. The molecule has 3 nitrogen and oxygen atoms in total. The van der Waals surface area contributed by atoms with Crippen molar-refractivity contribution in [2.24, 2.45) is 0 Å². The summed E-state index contributed by atoms with van der Waals surface area (Å²) in [7, 11) is 0. The third-order valence-corrected chi connectivity index (χ3v) is 11.3. The van der Waals surface area contributed by atoms with E-state index in [0.717, 1.165) is 34.8 Å². The van der Waals surface area contributed by atoms with E-state index in [0.29, 0.717) is 5.92 Å². The van der Waals surface area contributed by atoms with Gasteiger partial charge in [-0.25, -0.2) is 9.97 Å². The molecule has 3 aliphatic rings. The Bertz CT molecular complexity index is 2560. The average Bonchev–Trinajstić information content (AvgIpc) is 3.66. The summed E-state index contributed by atoms with van der Waals surface area (Å²) in [6.45, 7) is 4.69. The molecule has 6 aromatic carbocycles. The van der Waals surface area contributed by atoms with Crippen LogP contribution in [0, 0.1) is 0 Å². The molecule has 52 heavy (non-hydrogen) atoms. The fourth-order valence-corrected chi connectivity index (χ4v) is 8.54. The van der Waals surface area contributed by atoms with Crippen LogP contribution in [0.1, 0.15) is 42.9 Å². The summed E-state index contributed by atoms with van der Waals surface area (Å²) >= 11 is 0. The SMILES string of the molecule is CC1(C)c2ccccc2-c2ccc(-c3ccc(-c4ccc5c(c4)N(c4ccc(-c6nccc(-c7ccccc7)n6)cc4)C4=CC=CCC45)cc3)cc21. The molecule has 0 saturated carbocycles. The Morgan fingerprint density at radius 1 is 0.596 bits per heavy atom. The van der Waals surface area contributed by atoms with Crippen molar-refractivity contribution in [3.63, 3.8) is 0 Å². The van der Waals surface area contributed by atoms with Gasteiger partial charge in [-0.3, -0.25) is 0 Å². The van der Waals surface area contributed by atoms with Crippen molar-refractivity contribution in [1.82, 2.24) is 9.97 Å². The Balaban J connectivity index is 0.962. The van der Waals surface area contributed by atoms with Gasteiger partial charge in [0.15, 0.2) is 5.82 Å². The van der Waals surface area contributed by atoms with E-state index in [1.807, 2.05) is 30.5 Å². The minimum atomic E-state index is -0.0121. The summed E-state index contributed by atoms with van der Waals surface area (Å²) in [5.74, 6) is 1.07. The molecule has 7 aromatic rings. The van der Waals surface area contributed by atoms with Gasteiger partial charge in [0.05, 0.1) is 11.4 Å². The Hall–Kier alpha value is -6.32. The zero-order valence-electron chi connectivity index (χ0n) is 29.3. The molecule has 0 spiro atoms. The maximum atomic E-state index is 4.90. The van der Waals surface area contributed by atoms with Crippen LogP contribution in [0.15, 0.2) is 176 Å². The summed E-state index contributed by atoms with van der Waals surface area (Å²) in [4.78, 5) is 12.0. The van der Waals surface area contributed by atoms with Gasteiger partial charge in [-0.15, -0.1) is 0 Å². The summed E-state index contributed by atoms with van der Waals surface area (Å²) in [6, 6.07) is 52.9. The number of hydrogen-bond donors (Lipinski definition) is 0. The van der Waals surface area contributed by atoms with Crippen LogP contribution in [-0.2, 0) is 5.41 Å². The lowest BCUT2D eigenvalue weighted by Gasteiger charge is -2.25. The van der Waals surface area contributed by atoms with Crippen LogP contribution < -0.4 is 4.90 Å². The molecule has 0 radical (unpaired) electrons. The molecule has 1 atom stereocenters. The first-order valence-electron chi connectivity index (χ1n) is 18.2. The van der Waals surface area contributed by atoms with Crippen molar-refractivity contribution < 1.29 is 0 Å². The van der Waals surface area contributed by atoms with Crippen molar-refractivity contribution in [2.75, 3.05) is 4.90 Å². The topological polar surface area (TPSA) is 29.0 Å². The second-order valence-electron chi connectivity index (χ2n) is 14.6. The van der Waals surface area contributed by atoms with E-state index in [-0.39, 0.29) is 5.41 Å². The van der Waals surface area contributed by atoms with E-state index in [1.165, 1.54) is 61.5 Å². The third kappa shape index (κ3) is 4.88. The number of benzene rings is 6. The Labute approximate surface area is 305 Å². The van der Waals surface area contributed by atoms with Crippen molar-refractivity contribution in [2.45, 2.75) is 31.6 Å². The number of aromatic nitrogens is 2. The van der Waals surface area contributed by atoms with Gasteiger partial charge in [-0.2, -0.15) is 0 Å².